The van der Waals surface area contributed by atoms with Gasteiger partial charge in [0.15, 0.2) is 0 Å². The van der Waals surface area contributed by atoms with Crippen LogP contribution in [0, 0.1) is 0 Å². The molecule has 1 N–H and O–H groups in total. The molecule has 1 aliphatic rings. The molecule has 0 spiro atoms. The first kappa shape index (κ1) is 34.1. The highest BCUT2D eigenvalue weighted by Crippen LogP contribution is 2.30. The van der Waals surface area contributed by atoms with Crippen molar-refractivity contribution in [3.05, 3.63) is 129 Å². The van der Waals surface area contributed by atoms with E-state index in [1.807, 2.05) is 42.5 Å². The molecule has 8 nitrogen and oxygen atoms in total. The fourth-order valence-corrected chi connectivity index (χ4v) is 6.53. The molecule has 1 fully saturated rings. The van der Waals surface area contributed by atoms with Gasteiger partial charge in [0.25, 0.3) is 5.56 Å². The maximum absolute atomic E-state index is 13.8. The van der Waals surface area contributed by atoms with Gasteiger partial charge >= 0.3 is 11.7 Å². The largest absolute Gasteiger partial charge is 0.480 e. The van der Waals surface area contributed by atoms with Gasteiger partial charge in [0.05, 0.1) is 17.0 Å². The van der Waals surface area contributed by atoms with E-state index in [1.165, 1.54) is 13.8 Å². The minimum Gasteiger partial charge on any atom is -0.480 e. The van der Waals surface area contributed by atoms with Gasteiger partial charge in [0.1, 0.15) is 11.6 Å². The van der Waals surface area contributed by atoms with Gasteiger partial charge < -0.3 is 14.7 Å². The maximum Gasteiger partial charge on any atom is 0.332 e. The molecule has 1 saturated heterocycles. The molecule has 0 saturated carbocycles. The van der Waals surface area contributed by atoms with Crippen LogP contribution < -0.4 is 11.2 Å². The summed E-state index contributed by atoms with van der Waals surface area (Å²) in [5.41, 5.74) is -0.0152. The Morgan fingerprint density at radius 3 is 1.94 bits per heavy atom. The predicted molar refractivity (Wildman–Crippen MR) is 189 cm³/mol. The van der Waals surface area contributed by atoms with Gasteiger partial charge in [0.2, 0.25) is 0 Å². The van der Waals surface area contributed by atoms with Crippen LogP contribution in [0.25, 0.3) is 21.7 Å². The fourth-order valence-electron chi connectivity index (χ4n) is 6.53. The first-order valence-corrected chi connectivity index (χ1v) is 16.1. The van der Waals surface area contributed by atoms with Crippen molar-refractivity contribution in [1.29, 1.82) is 0 Å². The Balaban J connectivity index is 0.00000433. The number of nitrogens with zero attached hydrogens (tertiary/aromatic N) is 3. The van der Waals surface area contributed by atoms with E-state index in [0.717, 1.165) is 65.4 Å². The van der Waals surface area contributed by atoms with E-state index < -0.39 is 22.8 Å². The predicted octanol–water partition coefficient (Wildman–Crippen LogP) is 6.61. The molecular formula is C38H42ClN3O5. The number of halogens is 1. The van der Waals surface area contributed by atoms with Crippen LogP contribution in [0.15, 0.2) is 107 Å². The van der Waals surface area contributed by atoms with Crippen molar-refractivity contribution in [2.24, 2.45) is 0 Å². The monoisotopic (exact) mass is 655 g/mol. The fraction of sp³-hybridized carbons (Fsp3) is 0.342. The molecule has 47 heavy (non-hydrogen) atoms. The normalized spacial score (nSPS) is 14.4. The molecule has 0 atom stereocenters. The van der Waals surface area contributed by atoms with Crippen molar-refractivity contribution in [3.8, 4) is 0 Å². The number of aromatic nitrogens is 2. The third-order valence-electron chi connectivity index (χ3n) is 9.27. The number of hydrogen-bond donors (Lipinski definition) is 1. The molecule has 246 valence electrons. The number of carboxylic acid groups (broad SMARTS) is 1. The highest BCUT2D eigenvalue weighted by molar-refractivity contribution is 5.96. The number of carbonyl (C=O) groups is 1. The molecule has 0 bridgehead atoms. The van der Waals surface area contributed by atoms with Crippen LogP contribution in [0.3, 0.4) is 0 Å². The summed E-state index contributed by atoms with van der Waals surface area (Å²) in [6.45, 7) is 5.94. The topological polar surface area (TPSA) is 93.8 Å². The second-order valence-corrected chi connectivity index (χ2v) is 12.7. The summed E-state index contributed by atoms with van der Waals surface area (Å²) in [7, 11) is 0. The van der Waals surface area contributed by atoms with Crippen molar-refractivity contribution in [2.45, 2.75) is 63.8 Å². The lowest BCUT2D eigenvalue weighted by molar-refractivity contribution is -0.146. The number of fused-ring (bicyclic) bond motifs is 2. The van der Waals surface area contributed by atoms with Crippen LogP contribution in [0.5, 0.6) is 0 Å². The van der Waals surface area contributed by atoms with E-state index >= 15 is 0 Å². The molecule has 0 aliphatic carbocycles. The Morgan fingerprint density at radius 1 is 0.830 bits per heavy atom. The Hall–Kier alpha value is -4.24. The standard InChI is InChI=1S/C38H41N3O5.ClH/c1-38(2,36(43)44)41-35(42)32-25-29-17-9-10-18-30(29)26-33(32)40(37(41)45)22-12-11-21-39-23-19-31(20-24-39)46-34(27-13-5-3-6-14-27)28-15-7-4-8-16-28;/h3-10,13-18,25-26,31,34H,11-12,19-24H2,1-2H3,(H,43,44);1H. The Morgan fingerprint density at radius 2 is 1.36 bits per heavy atom. The van der Waals surface area contributed by atoms with Gasteiger partial charge in [0, 0.05) is 19.6 Å². The van der Waals surface area contributed by atoms with Crippen molar-refractivity contribution in [3.63, 3.8) is 0 Å². The van der Waals surface area contributed by atoms with Gasteiger partial charge in [-0.1, -0.05) is 84.9 Å². The summed E-state index contributed by atoms with van der Waals surface area (Å²) in [5.74, 6) is -1.23. The Kier molecular flexibility index (Phi) is 10.6. The van der Waals surface area contributed by atoms with E-state index in [1.54, 1.807) is 10.6 Å². The lowest BCUT2D eigenvalue weighted by Crippen LogP contribution is -2.52. The zero-order chi connectivity index (χ0) is 32.3. The number of benzene rings is 4. The minimum absolute atomic E-state index is 0. The highest BCUT2D eigenvalue weighted by Gasteiger charge is 2.34. The molecule has 4 aromatic carbocycles. The molecule has 6 rings (SSSR count). The summed E-state index contributed by atoms with van der Waals surface area (Å²) in [5, 5.41) is 12.0. The van der Waals surface area contributed by atoms with Crippen molar-refractivity contribution in [2.75, 3.05) is 19.6 Å². The highest BCUT2D eigenvalue weighted by atomic mass is 35.5. The quantitative estimate of drug-likeness (QED) is 0.127. The van der Waals surface area contributed by atoms with Gasteiger partial charge in [-0.3, -0.25) is 9.36 Å². The maximum atomic E-state index is 13.8. The second kappa shape index (κ2) is 14.7. The summed E-state index contributed by atoms with van der Waals surface area (Å²) in [6, 6.07) is 32.1. The van der Waals surface area contributed by atoms with E-state index in [4.69, 9.17) is 4.74 Å². The van der Waals surface area contributed by atoms with Crippen LogP contribution in [0.1, 0.15) is 56.8 Å². The number of hydrogen-bond acceptors (Lipinski definition) is 5. The van der Waals surface area contributed by atoms with Crippen LogP contribution in [0.4, 0.5) is 0 Å². The van der Waals surface area contributed by atoms with Crippen molar-refractivity contribution >= 4 is 40.1 Å². The van der Waals surface area contributed by atoms with E-state index in [2.05, 4.69) is 53.4 Å². The molecule has 9 heteroatoms. The van der Waals surface area contributed by atoms with Gasteiger partial charge in [-0.2, -0.15) is 0 Å². The van der Waals surface area contributed by atoms with Gasteiger partial charge in [-0.15, -0.1) is 12.4 Å². The van der Waals surface area contributed by atoms with E-state index in [9.17, 15) is 19.5 Å². The molecule has 0 radical (unpaired) electrons. The molecule has 2 heterocycles. The summed E-state index contributed by atoms with van der Waals surface area (Å²) < 4.78 is 9.19. The van der Waals surface area contributed by atoms with Crippen LogP contribution in [0.2, 0.25) is 0 Å². The third-order valence-corrected chi connectivity index (χ3v) is 9.27. The lowest BCUT2D eigenvalue weighted by Gasteiger charge is -2.34. The molecule has 1 aliphatic heterocycles. The smallest absolute Gasteiger partial charge is 0.332 e. The van der Waals surface area contributed by atoms with Gasteiger partial charge in [-0.25, -0.2) is 14.2 Å². The number of aliphatic carboxylic acids is 1. The Labute approximate surface area is 280 Å². The SMILES string of the molecule is CC(C)(C(=O)O)n1c(=O)c2cc3ccccc3cc2n(CCCCN2CCC(OC(c3ccccc3)c3ccccc3)CC2)c1=O.Cl. The second-order valence-electron chi connectivity index (χ2n) is 12.7. The van der Waals surface area contributed by atoms with E-state index in [0.29, 0.717) is 23.9 Å². The summed E-state index contributed by atoms with van der Waals surface area (Å²) in [6.07, 6.45) is 3.54. The third kappa shape index (κ3) is 7.20. The number of likely N-dealkylation sites (tertiary alicyclic amines) is 1. The average molecular weight is 656 g/mol. The number of rotatable bonds is 11. The Bertz CT molecular complexity index is 1910. The molecule has 0 unspecified atom stereocenters. The first-order valence-electron chi connectivity index (χ1n) is 16.1. The number of carboxylic acids is 1. The molecule has 0 amide bonds. The van der Waals surface area contributed by atoms with Crippen molar-refractivity contribution < 1.29 is 14.6 Å². The van der Waals surface area contributed by atoms with Crippen LogP contribution in [-0.4, -0.2) is 50.8 Å². The van der Waals surface area contributed by atoms with E-state index in [-0.39, 0.29) is 24.6 Å². The van der Waals surface area contributed by atoms with Crippen molar-refractivity contribution in [1.82, 2.24) is 14.0 Å². The van der Waals surface area contributed by atoms with Crippen LogP contribution >= 0.6 is 12.4 Å². The first-order chi connectivity index (χ1) is 22.2. The zero-order valence-electron chi connectivity index (χ0n) is 26.9. The number of piperidine rings is 1. The van der Waals surface area contributed by atoms with Gasteiger partial charge in [-0.05, 0) is 80.1 Å². The number of unbranched alkanes of at least 4 members (excludes halogenated alkanes) is 1. The zero-order valence-corrected chi connectivity index (χ0v) is 27.7. The summed E-state index contributed by atoms with van der Waals surface area (Å²) >= 11 is 0. The average Bonchev–Trinajstić information content (AvgIpc) is 3.07. The summed E-state index contributed by atoms with van der Waals surface area (Å²) in [4.78, 5) is 41.9. The number of aryl methyl sites for hydroxylation is 1. The molecular weight excluding hydrogens is 614 g/mol. The molecule has 1 aromatic heterocycles. The minimum atomic E-state index is -1.69. The molecule has 5 aromatic rings. The lowest BCUT2D eigenvalue weighted by atomic mass is 10.00. The van der Waals surface area contributed by atoms with Crippen LogP contribution in [-0.2, 0) is 21.6 Å². The number of ether oxygens (including phenoxy) is 1.